The number of hydrogen-bond acceptors (Lipinski definition) is 4. The second kappa shape index (κ2) is 9.10. The van der Waals surface area contributed by atoms with E-state index in [2.05, 4.69) is 24.3 Å². The average Bonchev–Trinajstić information content (AvgIpc) is 3.22. The summed E-state index contributed by atoms with van der Waals surface area (Å²) in [6.07, 6.45) is 1.73. The molecule has 0 radical (unpaired) electrons. The summed E-state index contributed by atoms with van der Waals surface area (Å²) in [6.45, 7) is 5.08. The van der Waals surface area contributed by atoms with Crippen molar-refractivity contribution < 1.29 is 9.53 Å². The summed E-state index contributed by atoms with van der Waals surface area (Å²) in [5, 5.41) is 8.28. The lowest BCUT2D eigenvalue weighted by Gasteiger charge is -2.11. The second-order valence-electron chi connectivity index (χ2n) is 7.78. The van der Waals surface area contributed by atoms with Gasteiger partial charge >= 0.3 is 0 Å². The van der Waals surface area contributed by atoms with Gasteiger partial charge in [0.05, 0.1) is 29.4 Å². The molecule has 2 aromatic heterocycles. The molecule has 158 valence electrons. The zero-order valence-corrected chi connectivity index (χ0v) is 18.0. The van der Waals surface area contributed by atoms with E-state index in [0.717, 1.165) is 27.8 Å². The maximum absolute atomic E-state index is 13.2. The van der Waals surface area contributed by atoms with E-state index >= 15 is 0 Å². The molecule has 4 rings (SSSR count). The summed E-state index contributed by atoms with van der Waals surface area (Å²) >= 11 is 0. The number of pyridine rings is 1. The third-order valence-electron chi connectivity index (χ3n) is 5.13. The molecule has 0 atom stereocenters. The molecule has 0 unspecified atom stereocenters. The number of nitrogens with one attached hydrogen (secondary N) is 1. The number of carbonyl (C=O) groups excluding carboxylic acids is 1. The second-order valence-corrected chi connectivity index (χ2v) is 7.78. The first-order valence-electron chi connectivity index (χ1n) is 10.4. The Hall–Kier alpha value is -3.51. The van der Waals surface area contributed by atoms with Gasteiger partial charge in [-0.25, -0.2) is 9.67 Å². The molecule has 0 saturated carbocycles. The first kappa shape index (κ1) is 20.8. The topological polar surface area (TPSA) is 69.0 Å². The molecule has 0 saturated heterocycles. The Labute approximate surface area is 181 Å². The van der Waals surface area contributed by atoms with Crippen LogP contribution in [0.5, 0.6) is 0 Å². The van der Waals surface area contributed by atoms with Crippen LogP contribution in [0.3, 0.4) is 0 Å². The summed E-state index contributed by atoms with van der Waals surface area (Å²) in [5.74, 6) is -0.148. The fourth-order valence-corrected chi connectivity index (χ4v) is 3.61. The lowest BCUT2D eigenvalue weighted by molar-refractivity contribution is 0.0952. The van der Waals surface area contributed by atoms with Crippen LogP contribution in [0.4, 0.5) is 0 Å². The molecule has 0 spiro atoms. The molecule has 0 aliphatic heterocycles. The van der Waals surface area contributed by atoms with E-state index in [1.54, 1.807) is 13.3 Å². The minimum Gasteiger partial charge on any atom is -0.380 e. The number of ether oxygens (including phenoxy) is 1. The molecule has 6 nitrogen and oxygen atoms in total. The van der Waals surface area contributed by atoms with Crippen LogP contribution >= 0.6 is 0 Å². The van der Waals surface area contributed by atoms with Crippen LogP contribution in [0, 0.1) is 0 Å². The highest BCUT2D eigenvalue weighted by Gasteiger charge is 2.18. The lowest BCUT2D eigenvalue weighted by atomic mass is 10.1. The highest BCUT2D eigenvalue weighted by molar-refractivity contribution is 6.06. The molecule has 6 heteroatoms. The molecule has 4 aromatic rings. The van der Waals surface area contributed by atoms with Crippen LogP contribution in [-0.4, -0.2) is 27.8 Å². The standard InChI is InChI=1S/C25H26N4O2/c1-17(2)29-24-22(15-27-29)21(13-23(28-24)20-10-5-4-6-11-20)25(30)26-14-18-8-7-9-19(12-18)16-31-3/h4-13,15,17H,14,16H2,1-3H3,(H,26,30). The van der Waals surface area contributed by atoms with Gasteiger partial charge < -0.3 is 10.1 Å². The molecule has 1 amide bonds. The van der Waals surface area contributed by atoms with Crippen molar-refractivity contribution in [1.82, 2.24) is 20.1 Å². The molecule has 2 heterocycles. The summed E-state index contributed by atoms with van der Waals surface area (Å²) < 4.78 is 7.05. The van der Waals surface area contributed by atoms with E-state index < -0.39 is 0 Å². The summed E-state index contributed by atoms with van der Waals surface area (Å²) in [6, 6.07) is 19.9. The molecule has 0 aliphatic rings. The maximum atomic E-state index is 13.2. The van der Waals surface area contributed by atoms with Crippen molar-refractivity contribution >= 4 is 16.9 Å². The van der Waals surface area contributed by atoms with Gasteiger partial charge in [-0.1, -0.05) is 54.6 Å². The first-order valence-corrected chi connectivity index (χ1v) is 10.4. The molecule has 1 N–H and O–H groups in total. The Morgan fingerprint density at radius 1 is 1.06 bits per heavy atom. The van der Waals surface area contributed by atoms with Crippen LogP contribution in [0.15, 0.2) is 66.9 Å². The molecule has 31 heavy (non-hydrogen) atoms. The van der Waals surface area contributed by atoms with Crippen molar-refractivity contribution in [3.8, 4) is 11.3 Å². The number of benzene rings is 2. The molecule has 0 aliphatic carbocycles. The zero-order valence-electron chi connectivity index (χ0n) is 18.0. The Morgan fingerprint density at radius 2 is 1.84 bits per heavy atom. The third kappa shape index (κ3) is 4.49. The van der Waals surface area contributed by atoms with Crippen molar-refractivity contribution in [1.29, 1.82) is 0 Å². The van der Waals surface area contributed by atoms with E-state index in [1.165, 1.54) is 0 Å². The number of fused-ring (bicyclic) bond motifs is 1. The minimum absolute atomic E-state index is 0.135. The number of methoxy groups -OCH3 is 1. The van der Waals surface area contributed by atoms with Crippen molar-refractivity contribution in [3.05, 3.63) is 83.6 Å². The monoisotopic (exact) mass is 414 g/mol. The highest BCUT2D eigenvalue weighted by atomic mass is 16.5. The van der Waals surface area contributed by atoms with Gasteiger partial charge in [0.15, 0.2) is 5.65 Å². The average molecular weight is 415 g/mol. The van der Waals surface area contributed by atoms with Crippen LogP contribution in [-0.2, 0) is 17.9 Å². The van der Waals surface area contributed by atoms with Gasteiger partial charge in [-0.15, -0.1) is 0 Å². The van der Waals surface area contributed by atoms with E-state index in [4.69, 9.17) is 9.72 Å². The van der Waals surface area contributed by atoms with Crippen LogP contribution in [0.25, 0.3) is 22.3 Å². The lowest BCUT2D eigenvalue weighted by Crippen LogP contribution is -2.23. The quantitative estimate of drug-likeness (QED) is 0.474. The zero-order chi connectivity index (χ0) is 21.8. The minimum atomic E-state index is -0.148. The van der Waals surface area contributed by atoms with Crippen LogP contribution in [0.2, 0.25) is 0 Å². The SMILES string of the molecule is COCc1cccc(CNC(=O)c2cc(-c3ccccc3)nc3c2cnn3C(C)C)c1. The van der Waals surface area contributed by atoms with Gasteiger partial charge in [0.25, 0.3) is 5.91 Å². The van der Waals surface area contributed by atoms with Crippen LogP contribution in [0.1, 0.15) is 41.4 Å². The summed E-state index contributed by atoms with van der Waals surface area (Å²) in [7, 11) is 1.67. The maximum Gasteiger partial charge on any atom is 0.252 e. The van der Waals surface area contributed by atoms with E-state index in [0.29, 0.717) is 24.4 Å². The summed E-state index contributed by atoms with van der Waals surface area (Å²) in [5.41, 5.74) is 5.09. The third-order valence-corrected chi connectivity index (χ3v) is 5.13. The van der Waals surface area contributed by atoms with Gasteiger partial charge in [-0.2, -0.15) is 5.10 Å². The molecule has 0 bridgehead atoms. The predicted molar refractivity (Wildman–Crippen MR) is 122 cm³/mol. The number of aromatic nitrogens is 3. The smallest absolute Gasteiger partial charge is 0.252 e. The number of hydrogen-bond donors (Lipinski definition) is 1. The van der Waals surface area contributed by atoms with Crippen molar-refractivity contribution in [3.63, 3.8) is 0 Å². The van der Waals surface area contributed by atoms with E-state index in [-0.39, 0.29) is 11.9 Å². The number of rotatable bonds is 7. The van der Waals surface area contributed by atoms with E-state index in [9.17, 15) is 4.79 Å². The first-order chi connectivity index (χ1) is 15.1. The Kier molecular flexibility index (Phi) is 6.09. The number of carbonyl (C=O) groups is 1. The predicted octanol–water partition coefficient (Wildman–Crippen LogP) is 4.76. The van der Waals surface area contributed by atoms with Gasteiger partial charge in [0.2, 0.25) is 0 Å². The Morgan fingerprint density at radius 3 is 2.58 bits per heavy atom. The van der Waals surface area contributed by atoms with E-state index in [1.807, 2.05) is 65.3 Å². The largest absolute Gasteiger partial charge is 0.380 e. The number of amides is 1. The van der Waals surface area contributed by atoms with Gasteiger partial charge in [-0.05, 0) is 31.0 Å². The normalized spacial score (nSPS) is 11.2. The van der Waals surface area contributed by atoms with Crippen molar-refractivity contribution in [2.45, 2.75) is 33.0 Å². The molecular formula is C25H26N4O2. The van der Waals surface area contributed by atoms with Crippen molar-refractivity contribution in [2.24, 2.45) is 0 Å². The van der Waals surface area contributed by atoms with Gasteiger partial charge in [-0.3, -0.25) is 4.79 Å². The van der Waals surface area contributed by atoms with Crippen molar-refractivity contribution in [2.75, 3.05) is 7.11 Å². The Balaban J connectivity index is 1.68. The highest BCUT2D eigenvalue weighted by Crippen LogP contribution is 2.26. The molecule has 0 fully saturated rings. The molecular weight excluding hydrogens is 388 g/mol. The molecule has 2 aromatic carbocycles. The van der Waals surface area contributed by atoms with Gasteiger partial charge in [0, 0.05) is 25.3 Å². The number of nitrogens with zero attached hydrogens (tertiary/aromatic N) is 3. The fourth-order valence-electron chi connectivity index (χ4n) is 3.61. The Bertz CT molecular complexity index is 1200. The van der Waals surface area contributed by atoms with Gasteiger partial charge in [0.1, 0.15) is 0 Å². The summed E-state index contributed by atoms with van der Waals surface area (Å²) in [4.78, 5) is 18.0. The fraction of sp³-hybridized carbons (Fsp3) is 0.240. The van der Waals surface area contributed by atoms with Crippen LogP contribution < -0.4 is 5.32 Å².